The summed E-state index contributed by atoms with van der Waals surface area (Å²) in [6, 6.07) is 6.30. The molecule has 0 aliphatic carbocycles. The summed E-state index contributed by atoms with van der Waals surface area (Å²) < 4.78 is 14.5. The Morgan fingerprint density at radius 1 is 1.57 bits per heavy atom. The number of halogens is 1. The third kappa shape index (κ3) is 1.14. The summed E-state index contributed by atoms with van der Waals surface area (Å²) in [6.45, 7) is 2.50. The van der Waals surface area contributed by atoms with Gasteiger partial charge in [-0.2, -0.15) is 10.4 Å². The van der Waals surface area contributed by atoms with Crippen LogP contribution in [0.1, 0.15) is 12.6 Å². The SMILES string of the molecule is CCn1nc2ccc(F)cc2c1C#N. The molecule has 0 N–H and O–H groups in total. The molecule has 0 saturated carbocycles. The standard InChI is InChI=1S/C10H8FN3/c1-2-14-10(6-12)8-5-7(11)3-4-9(8)13-14/h3-5H,2H2,1H3. The zero-order valence-electron chi connectivity index (χ0n) is 7.66. The van der Waals surface area contributed by atoms with Crippen LogP contribution in [0.3, 0.4) is 0 Å². The van der Waals surface area contributed by atoms with Gasteiger partial charge in [0, 0.05) is 11.9 Å². The van der Waals surface area contributed by atoms with Crippen LogP contribution in [0.15, 0.2) is 18.2 Å². The molecule has 4 heteroatoms. The van der Waals surface area contributed by atoms with Gasteiger partial charge in [-0.05, 0) is 25.1 Å². The average Bonchev–Trinajstić information content (AvgIpc) is 2.54. The Balaban J connectivity index is 2.83. The molecule has 0 saturated heterocycles. The lowest BCUT2D eigenvalue weighted by molar-refractivity contribution is 0.629. The predicted molar refractivity (Wildman–Crippen MR) is 50.1 cm³/mol. The topological polar surface area (TPSA) is 41.6 Å². The first-order valence-corrected chi connectivity index (χ1v) is 4.32. The number of nitrogens with zero attached hydrogens (tertiary/aromatic N) is 3. The molecule has 0 radical (unpaired) electrons. The molecule has 0 fully saturated rings. The summed E-state index contributed by atoms with van der Waals surface area (Å²) in [7, 11) is 0. The fourth-order valence-corrected chi connectivity index (χ4v) is 1.45. The summed E-state index contributed by atoms with van der Waals surface area (Å²) in [4.78, 5) is 0. The Hall–Kier alpha value is -1.89. The Bertz CT molecular complexity index is 522. The number of benzene rings is 1. The number of hydrogen-bond acceptors (Lipinski definition) is 2. The van der Waals surface area contributed by atoms with Crippen molar-refractivity contribution in [3.05, 3.63) is 29.7 Å². The molecule has 0 unspecified atom stereocenters. The van der Waals surface area contributed by atoms with Crippen LogP contribution in [0.5, 0.6) is 0 Å². The molecule has 0 spiro atoms. The minimum Gasteiger partial charge on any atom is -0.254 e. The molecule has 14 heavy (non-hydrogen) atoms. The molecule has 2 rings (SSSR count). The van der Waals surface area contributed by atoms with Crippen molar-refractivity contribution in [2.24, 2.45) is 0 Å². The normalized spacial score (nSPS) is 10.4. The molecular formula is C10H8FN3. The summed E-state index contributed by atoms with van der Waals surface area (Å²) in [5.74, 6) is -0.343. The van der Waals surface area contributed by atoms with Gasteiger partial charge in [-0.25, -0.2) is 4.39 Å². The van der Waals surface area contributed by atoms with Crippen LogP contribution >= 0.6 is 0 Å². The zero-order chi connectivity index (χ0) is 10.1. The third-order valence-corrected chi connectivity index (χ3v) is 2.11. The van der Waals surface area contributed by atoms with Crippen LogP contribution in [0.2, 0.25) is 0 Å². The highest BCUT2D eigenvalue weighted by molar-refractivity contribution is 5.83. The molecule has 0 aliphatic heterocycles. The predicted octanol–water partition coefficient (Wildman–Crippen LogP) is 2.07. The molecule has 1 aromatic carbocycles. The summed E-state index contributed by atoms with van der Waals surface area (Å²) in [5.41, 5.74) is 1.08. The van der Waals surface area contributed by atoms with Gasteiger partial charge in [0.25, 0.3) is 0 Å². The van der Waals surface area contributed by atoms with E-state index in [2.05, 4.69) is 5.10 Å². The first kappa shape index (κ1) is 8.70. The van der Waals surface area contributed by atoms with E-state index < -0.39 is 0 Å². The number of fused-ring (bicyclic) bond motifs is 1. The van der Waals surface area contributed by atoms with Crippen molar-refractivity contribution in [1.29, 1.82) is 5.26 Å². The highest BCUT2D eigenvalue weighted by Crippen LogP contribution is 2.18. The van der Waals surface area contributed by atoms with Crippen LogP contribution in [-0.4, -0.2) is 9.78 Å². The molecular weight excluding hydrogens is 181 g/mol. The first-order chi connectivity index (χ1) is 6.76. The fraction of sp³-hybridized carbons (Fsp3) is 0.200. The van der Waals surface area contributed by atoms with Gasteiger partial charge < -0.3 is 0 Å². The van der Waals surface area contributed by atoms with Crippen molar-refractivity contribution >= 4 is 10.9 Å². The van der Waals surface area contributed by atoms with E-state index in [-0.39, 0.29) is 5.82 Å². The number of rotatable bonds is 1. The van der Waals surface area contributed by atoms with Crippen LogP contribution < -0.4 is 0 Å². The van der Waals surface area contributed by atoms with Crippen molar-refractivity contribution in [3.8, 4) is 6.07 Å². The Kier molecular flexibility index (Phi) is 1.93. The second kappa shape index (κ2) is 3.11. The summed E-state index contributed by atoms with van der Waals surface area (Å²) in [5, 5.41) is 13.6. The number of nitriles is 1. The summed E-state index contributed by atoms with van der Waals surface area (Å²) in [6.07, 6.45) is 0. The van der Waals surface area contributed by atoms with Crippen molar-refractivity contribution in [1.82, 2.24) is 9.78 Å². The second-order valence-electron chi connectivity index (χ2n) is 2.94. The van der Waals surface area contributed by atoms with Crippen LogP contribution in [0, 0.1) is 17.1 Å². The lowest BCUT2D eigenvalue weighted by atomic mass is 10.2. The van der Waals surface area contributed by atoms with Crippen molar-refractivity contribution in [3.63, 3.8) is 0 Å². The van der Waals surface area contributed by atoms with Gasteiger partial charge in [0.2, 0.25) is 0 Å². The molecule has 0 aliphatic rings. The summed E-state index contributed by atoms with van der Waals surface area (Å²) >= 11 is 0. The Labute approximate surface area is 80.4 Å². The lowest BCUT2D eigenvalue weighted by Crippen LogP contribution is -1.98. The van der Waals surface area contributed by atoms with Gasteiger partial charge in [0.05, 0.1) is 5.52 Å². The third-order valence-electron chi connectivity index (χ3n) is 2.11. The van der Waals surface area contributed by atoms with E-state index in [4.69, 9.17) is 5.26 Å². The van der Waals surface area contributed by atoms with Crippen molar-refractivity contribution in [2.75, 3.05) is 0 Å². The van der Waals surface area contributed by atoms with Crippen LogP contribution in [0.25, 0.3) is 10.9 Å². The second-order valence-corrected chi connectivity index (χ2v) is 2.94. The Morgan fingerprint density at radius 2 is 2.36 bits per heavy atom. The van der Waals surface area contributed by atoms with E-state index >= 15 is 0 Å². The van der Waals surface area contributed by atoms with Gasteiger partial charge in [0.15, 0.2) is 0 Å². The maximum Gasteiger partial charge on any atom is 0.146 e. The van der Waals surface area contributed by atoms with Crippen LogP contribution in [0.4, 0.5) is 4.39 Å². The largest absolute Gasteiger partial charge is 0.254 e. The van der Waals surface area contributed by atoms with E-state index in [9.17, 15) is 4.39 Å². The minimum atomic E-state index is -0.343. The Morgan fingerprint density at radius 3 is 3.00 bits per heavy atom. The number of hydrogen-bond donors (Lipinski definition) is 0. The van der Waals surface area contributed by atoms with Gasteiger partial charge >= 0.3 is 0 Å². The fourth-order valence-electron chi connectivity index (χ4n) is 1.45. The molecule has 0 atom stereocenters. The highest BCUT2D eigenvalue weighted by atomic mass is 19.1. The minimum absolute atomic E-state index is 0.343. The monoisotopic (exact) mass is 189 g/mol. The van der Waals surface area contributed by atoms with E-state index in [1.807, 2.05) is 13.0 Å². The molecule has 0 amide bonds. The molecule has 2 aromatic rings. The maximum absolute atomic E-state index is 12.9. The van der Waals surface area contributed by atoms with Gasteiger partial charge in [-0.1, -0.05) is 0 Å². The van der Waals surface area contributed by atoms with E-state index in [1.165, 1.54) is 12.1 Å². The van der Waals surface area contributed by atoms with Crippen molar-refractivity contribution < 1.29 is 4.39 Å². The zero-order valence-corrected chi connectivity index (χ0v) is 7.66. The number of aryl methyl sites for hydroxylation is 1. The van der Waals surface area contributed by atoms with E-state index in [0.717, 1.165) is 0 Å². The average molecular weight is 189 g/mol. The molecule has 1 aromatic heterocycles. The van der Waals surface area contributed by atoms with E-state index in [1.54, 1.807) is 10.7 Å². The van der Waals surface area contributed by atoms with E-state index in [0.29, 0.717) is 23.1 Å². The van der Waals surface area contributed by atoms with Gasteiger partial charge in [-0.15, -0.1) is 0 Å². The molecule has 3 nitrogen and oxygen atoms in total. The van der Waals surface area contributed by atoms with Crippen molar-refractivity contribution in [2.45, 2.75) is 13.5 Å². The molecule has 70 valence electrons. The smallest absolute Gasteiger partial charge is 0.146 e. The lowest BCUT2D eigenvalue weighted by Gasteiger charge is -1.93. The number of aromatic nitrogens is 2. The quantitative estimate of drug-likeness (QED) is 0.689. The molecule has 0 bridgehead atoms. The first-order valence-electron chi connectivity index (χ1n) is 4.32. The molecule has 1 heterocycles. The highest BCUT2D eigenvalue weighted by Gasteiger charge is 2.09. The van der Waals surface area contributed by atoms with Crippen LogP contribution in [-0.2, 0) is 6.54 Å². The van der Waals surface area contributed by atoms with Gasteiger partial charge in [-0.3, -0.25) is 4.68 Å². The van der Waals surface area contributed by atoms with Gasteiger partial charge in [0.1, 0.15) is 17.6 Å². The maximum atomic E-state index is 12.9.